The van der Waals surface area contributed by atoms with Gasteiger partial charge in [-0.2, -0.15) is 0 Å². The molecule has 130 valence electrons. The summed E-state index contributed by atoms with van der Waals surface area (Å²) in [4.78, 5) is 24.8. The highest BCUT2D eigenvalue weighted by Gasteiger charge is 2.25. The van der Waals surface area contributed by atoms with Gasteiger partial charge in [-0.1, -0.05) is 19.0 Å². The molecular weight excluding hydrogens is 318 g/mol. The number of nitrogens with zero attached hydrogens (tertiary/aromatic N) is 3. The lowest BCUT2D eigenvalue weighted by Crippen LogP contribution is -2.39. The number of aryl methyl sites for hydroxylation is 2. The Labute approximate surface area is 145 Å². The second kappa shape index (κ2) is 5.98. The molecule has 0 saturated heterocycles. The van der Waals surface area contributed by atoms with Crippen LogP contribution in [-0.4, -0.2) is 32.1 Å². The van der Waals surface area contributed by atoms with E-state index in [2.05, 4.69) is 25.4 Å². The monoisotopic (exact) mass is 339 g/mol. The van der Waals surface area contributed by atoms with Crippen molar-refractivity contribution in [3.05, 3.63) is 40.7 Å². The number of nitrogens with one attached hydrogen (secondary N) is 2. The van der Waals surface area contributed by atoms with Crippen LogP contribution in [0.4, 0.5) is 0 Å². The van der Waals surface area contributed by atoms with Crippen molar-refractivity contribution in [1.82, 2.24) is 25.4 Å². The van der Waals surface area contributed by atoms with Gasteiger partial charge in [0.05, 0.1) is 28.7 Å². The number of rotatable bonds is 3. The molecular formula is C18H21N5O2. The van der Waals surface area contributed by atoms with Gasteiger partial charge in [-0.15, -0.1) is 0 Å². The molecule has 0 saturated carbocycles. The molecule has 3 aromatic heterocycles. The minimum absolute atomic E-state index is 0.0892. The Morgan fingerprint density at radius 1 is 1.44 bits per heavy atom. The molecule has 1 aliphatic carbocycles. The standard InChI is InChI=1S/C18H21N5O2/c1-9(2)16-15-12(6-10(3)21-18(15)25-23-16)17(24)22-11-4-5-13-14(7-11)20-8-19-13/h6,8-9,11H,4-5,7H2,1-3H3,(H,19,20)(H,22,24). The van der Waals surface area contributed by atoms with Gasteiger partial charge in [-0.05, 0) is 31.7 Å². The van der Waals surface area contributed by atoms with Crippen molar-refractivity contribution in [3.8, 4) is 0 Å². The molecule has 2 N–H and O–H groups in total. The molecule has 0 aliphatic heterocycles. The summed E-state index contributed by atoms with van der Waals surface area (Å²) in [5, 5.41) is 7.99. The number of hydrogen-bond acceptors (Lipinski definition) is 5. The van der Waals surface area contributed by atoms with Gasteiger partial charge in [0.2, 0.25) is 0 Å². The first kappa shape index (κ1) is 15.8. The van der Waals surface area contributed by atoms with E-state index in [-0.39, 0.29) is 17.9 Å². The Morgan fingerprint density at radius 2 is 2.28 bits per heavy atom. The summed E-state index contributed by atoms with van der Waals surface area (Å²) < 4.78 is 5.35. The molecule has 0 radical (unpaired) electrons. The van der Waals surface area contributed by atoms with Crippen LogP contribution < -0.4 is 5.32 Å². The van der Waals surface area contributed by atoms with Crippen molar-refractivity contribution in [2.75, 3.05) is 0 Å². The van der Waals surface area contributed by atoms with Gasteiger partial charge in [0.25, 0.3) is 11.6 Å². The summed E-state index contributed by atoms with van der Waals surface area (Å²) in [7, 11) is 0. The molecule has 1 aliphatic rings. The molecule has 3 aromatic rings. The lowest BCUT2D eigenvalue weighted by Gasteiger charge is -2.22. The van der Waals surface area contributed by atoms with E-state index in [9.17, 15) is 4.79 Å². The van der Waals surface area contributed by atoms with Crippen LogP contribution in [0.1, 0.15) is 59.3 Å². The summed E-state index contributed by atoms with van der Waals surface area (Å²) in [5.74, 6) is 0.0492. The van der Waals surface area contributed by atoms with E-state index in [4.69, 9.17) is 4.52 Å². The van der Waals surface area contributed by atoms with E-state index in [1.165, 1.54) is 0 Å². The average molecular weight is 339 g/mol. The smallest absolute Gasteiger partial charge is 0.259 e. The second-order valence-corrected chi connectivity index (χ2v) is 6.95. The van der Waals surface area contributed by atoms with Gasteiger partial charge in [-0.3, -0.25) is 4.79 Å². The number of pyridine rings is 1. The number of imidazole rings is 1. The molecule has 1 amide bonds. The highest BCUT2D eigenvalue weighted by molar-refractivity contribution is 6.06. The maximum Gasteiger partial charge on any atom is 0.259 e. The number of aromatic amines is 1. The Bertz CT molecular complexity index is 940. The number of hydrogen-bond donors (Lipinski definition) is 2. The van der Waals surface area contributed by atoms with Crippen LogP contribution in [0.3, 0.4) is 0 Å². The van der Waals surface area contributed by atoms with Crippen molar-refractivity contribution in [2.45, 2.75) is 52.0 Å². The SMILES string of the molecule is Cc1cc(C(=O)NC2CCc3nc[nH]c3C2)c2c(C(C)C)noc2n1. The fraction of sp³-hybridized carbons (Fsp3) is 0.444. The van der Waals surface area contributed by atoms with E-state index in [0.717, 1.165) is 47.4 Å². The third-order valence-corrected chi connectivity index (χ3v) is 4.72. The van der Waals surface area contributed by atoms with Crippen LogP contribution in [0.25, 0.3) is 11.1 Å². The molecule has 7 nitrogen and oxygen atoms in total. The fourth-order valence-electron chi connectivity index (χ4n) is 3.46. The molecule has 0 aromatic carbocycles. The third kappa shape index (κ3) is 2.79. The summed E-state index contributed by atoms with van der Waals surface area (Å²) >= 11 is 0. The molecule has 3 heterocycles. The van der Waals surface area contributed by atoms with E-state index in [1.807, 2.05) is 26.8 Å². The highest BCUT2D eigenvalue weighted by Crippen LogP contribution is 2.28. The average Bonchev–Trinajstić information content (AvgIpc) is 3.19. The van der Waals surface area contributed by atoms with E-state index in [1.54, 1.807) is 6.33 Å². The molecule has 0 spiro atoms. The zero-order chi connectivity index (χ0) is 17.6. The lowest BCUT2D eigenvalue weighted by molar-refractivity contribution is 0.0935. The largest absolute Gasteiger partial charge is 0.349 e. The highest BCUT2D eigenvalue weighted by atomic mass is 16.5. The first-order valence-electron chi connectivity index (χ1n) is 8.62. The van der Waals surface area contributed by atoms with E-state index >= 15 is 0 Å². The molecule has 25 heavy (non-hydrogen) atoms. The maximum absolute atomic E-state index is 13.0. The van der Waals surface area contributed by atoms with Crippen LogP contribution in [0.2, 0.25) is 0 Å². The lowest BCUT2D eigenvalue weighted by atomic mass is 9.95. The molecule has 0 bridgehead atoms. The molecule has 1 atom stereocenters. The predicted molar refractivity (Wildman–Crippen MR) is 92.5 cm³/mol. The zero-order valence-electron chi connectivity index (χ0n) is 14.6. The minimum atomic E-state index is -0.103. The van der Waals surface area contributed by atoms with Crippen LogP contribution >= 0.6 is 0 Å². The maximum atomic E-state index is 13.0. The van der Waals surface area contributed by atoms with Gasteiger partial charge < -0.3 is 14.8 Å². The summed E-state index contributed by atoms with van der Waals surface area (Å²) in [6.07, 6.45) is 4.25. The zero-order valence-corrected chi connectivity index (χ0v) is 14.6. The van der Waals surface area contributed by atoms with Crippen LogP contribution in [0.15, 0.2) is 16.9 Å². The molecule has 7 heteroatoms. The van der Waals surface area contributed by atoms with Gasteiger partial charge >= 0.3 is 0 Å². The van der Waals surface area contributed by atoms with Crippen molar-refractivity contribution in [2.24, 2.45) is 0 Å². The Balaban J connectivity index is 1.65. The molecule has 4 rings (SSSR count). The Morgan fingerprint density at radius 3 is 3.08 bits per heavy atom. The first-order valence-corrected chi connectivity index (χ1v) is 8.62. The number of amides is 1. The van der Waals surface area contributed by atoms with Crippen molar-refractivity contribution in [1.29, 1.82) is 0 Å². The number of fused-ring (bicyclic) bond motifs is 2. The number of aromatic nitrogens is 4. The molecule has 0 fully saturated rings. The predicted octanol–water partition coefficient (Wildman–Crippen LogP) is 2.67. The Kier molecular flexibility index (Phi) is 3.78. The fourth-order valence-corrected chi connectivity index (χ4v) is 3.46. The van der Waals surface area contributed by atoms with Gasteiger partial charge in [0.15, 0.2) is 0 Å². The number of carbonyl (C=O) groups excluding carboxylic acids is 1. The molecule has 1 unspecified atom stereocenters. The van der Waals surface area contributed by atoms with E-state index < -0.39 is 0 Å². The first-order chi connectivity index (χ1) is 12.0. The van der Waals surface area contributed by atoms with Crippen LogP contribution in [0, 0.1) is 6.92 Å². The van der Waals surface area contributed by atoms with Crippen LogP contribution in [-0.2, 0) is 12.8 Å². The number of carbonyl (C=O) groups is 1. The summed E-state index contributed by atoms with van der Waals surface area (Å²) in [6.45, 7) is 5.91. The van der Waals surface area contributed by atoms with Gasteiger partial charge in [-0.25, -0.2) is 9.97 Å². The van der Waals surface area contributed by atoms with Gasteiger partial charge in [0, 0.05) is 23.9 Å². The van der Waals surface area contributed by atoms with Crippen molar-refractivity contribution in [3.63, 3.8) is 0 Å². The van der Waals surface area contributed by atoms with Crippen molar-refractivity contribution < 1.29 is 9.32 Å². The van der Waals surface area contributed by atoms with Gasteiger partial charge in [0.1, 0.15) is 0 Å². The normalized spacial score (nSPS) is 17.0. The number of H-pyrrole nitrogens is 1. The summed E-state index contributed by atoms with van der Waals surface area (Å²) in [6, 6.07) is 1.90. The Hall–Kier alpha value is -2.70. The topological polar surface area (TPSA) is 96.7 Å². The van der Waals surface area contributed by atoms with Crippen molar-refractivity contribution >= 4 is 17.0 Å². The van der Waals surface area contributed by atoms with Crippen LogP contribution in [0.5, 0.6) is 0 Å². The quantitative estimate of drug-likeness (QED) is 0.764. The third-order valence-electron chi connectivity index (χ3n) is 4.72. The second-order valence-electron chi connectivity index (χ2n) is 6.95. The van der Waals surface area contributed by atoms with E-state index in [0.29, 0.717) is 11.3 Å². The minimum Gasteiger partial charge on any atom is -0.349 e. The summed E-state index contributed by atoms with van der Waals surface area (Å²) in [5.41, 5.74) is 4.74.